The van der Waals surface area contributed by atoms with Gasteiger partial charge in [-0.05, 0) is 80.7 Å². The summed E-state index contributed by atoms with van der Waals surface area (Å²) in [6.07, 6.45) is -3.94. The molecular weight excluding hydrogens is 1020 g/mol. The van der Waals surface area contributed by atoms with Crippen LogP contribution < -0.4 is 0 Å². The smallest absolute Gasteiger partial charge is 0.334 e. The molecule has 0 saturated carbocycles. The van der Waals surface area contributed by atoms with Crippen molar-refractivity contribution in [3.05, 3.63) is 58.7 Å². The lowest BCUT2D eigenvalue weighted by Gasteiger charge is -2.51. The predicted molar refractivity (Wildman–Crippen MR) is 286 cm³/mol. The van der Waals surface area contributed by atoms with Crippen LogP contribution in [0.2, 0.25) is 0 Å². The normalized spacial score (nSPS) is 46.2. The number of ether oxygens (including phenoxy) is 12. The number of carbonyl (C=O) groups is 1. The molecule has 5 aliphatic rings. The number of esters is 1. The molecule has 0 aliphatic carbocycles. The highest BCUT2D eigenvalue weighted by molar-refractivity contribution is 5.88. The second-order valence-electron chi connectivity index (χ2n) is 22.9. The molecule has 0 unspecified atom stereocenters. The van der Waals surface area contributed by atoms with Crippen molar-refractivity contribution in [3.8, 4) is 0 Å². The zero-order chi connectivity index (χ0) is 58.0. The second-order valence-corrected chi connectivity index (χ2v) is 22.9. The third kappa shape index (κ3) is 17.0. The Hall–Kier alpha value is -2.55. The maximum absolute atomic E-state index is 14.1. The topological polar surface area (TPSA) is 269 Å². The van der Waals surface area contributed by atoms with Gasteiger partial charge in [-0.1, -0.05) is 67.9 Å². The molecule has 78 heavy (non-hydrogen) atoms. The van der Waals surface area contributed by atoms with Gasteiger partial charge in [0.2, 0.25) is 5.79 Å². The number of allylic oxidation sites excluding steroid dienone is 7. The fourth-order valence-corrected chi connectivity index (χ4v) is 11.6. The number of rotatable bonds is 15. The number of carbonyl (C=O) groups excluding carboxylic acids is 1. The van der Waals surface area contributed by atoms with E-state index in [1.165, 1.54) is 28.4 Å². The maximum Gasteiger partial charge on any atom is 0.334 e. The van der Waals surface area contributed by atoms with Crippen molar-refractivity contribution in [1.82, 2.24) is 0 Å². The van der Waals surface area contributed by atoms with Gasteiger partial charge in [0.1, 0.15) is 42.7 Å². The number of cyclic esters (lactones) is 1. The first-order chi connectivity index (χ1) is 36.7. The van der Waals surface area contributed by atoms with E-state index in [1.54, 1.807) is 54.5 Å². The molecule has 5 heterocycles. The highest BCUT2D eigenvalue weighted by atomic mass is 16.7. The van der Waals surface area contributed by atoms with Crippen LogP contribution in [0.25, 0.3) is 0 Å². The van der Waals surface area contributed by atoms with E-state index in [9.17, 15) is 40.5 Å². The molecule has 4 saturated heterocycles. The van der Waals surface area contributed by atoms with Gasteiger partial charge in [-0.2, -0.15) is 0 Å². The Kier molecular flexibility index (Phi) is 25.2. The first kappa shape index (κ1) is 66.3. The molecule has 4 fully saturated rings. The number of aliphatic hydroxyl groups excluding tert-OH is 5. The Morgan fingerprint density at radius 1 is 0.769 bits per heavy atom. The van der Waals surface area contributed by atoms with Crippen LogP contribution in [0.3, 0.4) is 0 Å². The third-order valence-electron chi connectivity index (χ3n) is 16.3. The van der Waals surface area contributed by atoms with E-state index in [-0.39, 0.29) is 43.8 Å². The van der Waals surface area contributed by atoms with Crippen LogP contribution in [0.15, 0.2) is 58.7 Å². The van der Waals surface area contributed by atoms with Crippen molar-refractivity contribution in [2.24, 2.45) is 17.8 Å². The Morgan fingerprint density at radius 2 is 1.46 bits per heavy atom. The van der Waals surface area contributed by atoms with Crippen LogP contribution >= 0.6 is 0 Å². The van der Waals surface area contributed by atoms with Crippen LogP contribution in [-0.4, -0.2) is 205 Å². The zero-order valence-electron chi connectivity index (χ0n) is 48.8. The lowest BCUT2D eigenvalue weighted by Crippen LogP contribution is -2.65. The largest absolute Gasteiger partial charge is 0.456 e. The summed E-state index contributed by atoms with van der Waals surface area (Å²) < 4.78 is 72.4. The highest BCUT2D eigenvalue weighted by Crippen LogP contribution is 2.43. The Bertz CT molecular complexity index is 2040. The van der Waals surface area contributed by atoms with Gasteiger partial charge < -0.3 is 92.6 Å². The highest BCUT2D eigenvalue weighted by Gasteiger charge is 2.57. The number of hydrogen-bond acceptors (Lipinski definition) is 20. The van der Waals surface area contributed by atoms with Gasteiger partial charge in [0, 0.05) is 77.4 Å². The molecule has 7 N–H and O–H groups in total. The van der Waals surface area contributed by atoms with Crippen molar-refractivity contribution < 1.29 is 97.4 Å². The third-order valence-corrected chi connectivity index (χ3v) is 16.3. The van der Waals surface area contributed by atoms with Gasteiger partial charge >= 0.3 is 5.97 Å². The van der Waals surface area contributed by atoms with Gasteiger partial charge in [0.05, 0.1) is 67.1 Å². The summed E-state index contributed by atoms with van der Waals surface area (Å²) in [6.45, 7) is 19.5. The van der Waals surface area contributed by atoms with E-state index in [4.69, 9.17) is 56.8 Å². The minimum atomic E-state index is -2.45. The van der Waals surface area contributed by atoms with E-state index in [0.717, 1.165) is 11.1 Å². The number of hydrogen-bond donors (Lipinski definition) is 7. The summed E-state index contributed by atoms with van der Waals surface area (Å²) in [7, 11) is 5.99. The first-order valence-corrected chi connectivity index (χ1v) is 27.8. The Labute approximate surface area is 462 Å². The molecule has 20 heteroatoms. The molecule has 20 nitrogen and oxygen atoms in total. The van der Waals surface area contributed by atoms with Crippen LogP contribution in [0.1, 0.15) is 121 Å². The molecule has 0 amide bonds. The van der Waals surface area contributed by atoms with E-state index in [2.05, 4.69) is 6.08 Å². The summed E-state index contributed by atoms with van der Waals surface area (Å²) in [5.74, 6) is -5.11. The van der Waals surface area contributed by atoms with E-state index >= 15 is 0 Å². The minimum absolute atomic E-state index is 0.00843. The summed E-state index contributed by atoms with van der Waals surface area (Å²) in [4.78, 5) is 14.1. The molecule has 0 spiro atoms. The van der Waals surface area contributed by atoms with Gasteiger partial charge in [0.25, 0.3) is 0 Å². The lowest BCUT2D eigenvalue weighted by molar-refractivity contribution is -0.366. The van der Waals surface area contributed by atoms with Gasteiger partial charge in [-0.25, -0.2) is 4.79 Å². The molecule has 5 rings (SSSR count). The van der Waals surface area contributed by atoms with E-state index in [0.29, 0.717) is 24.8 Å². The Balaban J connectivity index is 1.35. The van der Waals surface area contributed by atoms with Crippen molar-refractivity contribution in [2.45, 2.75) is 249 Å². The summed E-state index contributed by atoms with van der Waals surface area (Å²) in [6, 6.07) is 0. The van der Waals surface area contributed by atoms with Crippen LogP contribution in [0, 0.1) is 17.8 Å². The predicted octanol–water partition coefficient (Wildman–Crippen LogP) is 4.62. The minimum Gasteiger partial charge on any atom is -0.456 e. The molecule has 448 valence electrons. The molecule has 0 radical (unpaired) electrons. The van der Waals surface area contributed by atoms with Gasteiger partial charge in [-0.15, -0.1) is 0 Å². The lowest BCUT2D eigenvalue weighted by atomic mass is 9.76. The van der Waals surface area contributed by atoms with Gasteiger partial charge in [-0.3, -0.25) is 0 Å². The van der Waals surface area contributed by atoms with Crippen molar-refractivity contribution in [3.63, 3.8) is 0 Å². The first-order valence-electron chi connectivity index (χ1n) is 27.8. The fourth-order valence-electron chi connectivity index (χ4n) is 11.6. The monoisotopic (exact) mass is 1110 g/mol. The van der Waals surface area contributed by atoms with Crippen LogP contribution in [0.4, 0.5) is 0 Å². The molecule has 0 bridgehead atoms. The molecule has 5 aliphatic heterocycles. The van der Waals surface area contributed by atoms with E-state index < -0.39 is 146 Å². The number of aliphatic hydroxyl groups is 7. The number of methoxy groups -OCH3 is 4. The van der Waals surface area contributed by atoms with Gasteiger partial charge in [0.15, 0.2) is 18.9 Å². The molecule has 0 aromatic rings. The fraction of sp³-hybridized carbons (Fsp3) is 0.810. The molecule has 0 aromatic carbocycles. The molecule has 24 atom stereocenters. The van der Waals surface area contributed by atoms with Crippen molar-refractivity contribution in [2.75, 3.05) is 35.0 Å². The average Bonchev–Trinajstić information content (AvgIpc) is 3.41. The zero-order valence-corrected chi connectivity index (χ0v) is 48.8. The second kappa shape index (κ2) is 29.6. The van der Waals surface area contributed by atoms with Crippen molar-refractivity contribution >= 4 is 5.97 Å². The van der Waals surface area contributed by atoms with Crippen LogP contribution in [0.5, 0.6) is 0 Å². The summed E-state index contributed by atoms with van der Waals surface area (Å²) in [5, 5.41) is 81.0. The Morgan fingerprint density at radius 3 is 2.10 bits per heavy atom. The SMILES string of the molecule is COC[C@H](C[C@@H]1O[C@](O)([C@@H](O)[C@H]2C[C@@H](OC)CCC/C=C(C)/C=C/[C@H](O[C@H]3O[C@H](C)[C@@H](OC)[C@H](O)[C@H]3O)[C@@H](C)/C=C(C)/C=C(C)/C=C(\C)C(=O)O2)[C@@H](C)[C@H](O)[C@@H]1C)O[C@@H]1C[C@@](C)(O)[C@H](O[C@@H]2C[C@H](OC)[C@@H](O)[C@H](C)O2)[C@@H](C)O1. The summed E-state index contributed by atoms with van der Waals surface area (Å²) in [5.41, 5.74) is 1.25. The molecule has 0 aromatic heterocycles. The maximum atomic E-state index is 14.1. The standard InChI is InChI=1S/C58H96O20/c1-30-18-16-17-19-40(68-13)25-45(75-55(64)34(5)24-32(3)22-31(2)23-33(4)42(21-20-30)76-56-51(62)50(61)52(70-15)38(9)73-56)53(63)58(66)36(7)48(59)35(6)43(78-58)26-41(29-67-12)74-47-28-57(11,65)54(39(10)72-47)77-46-27-44(69-14)49(60)37(8)71-46/h18,20-24,33,35-54,56,59-63,65-66H,16-17,19,25-29H2,1-15H3/b21-20+,30-18+,31-23+,32-22+,34-24+/t33-,35+,36-,37-,38+,39+,40-,41-,42-,43-,44-,45+,46+,47+,48+,49-,50+,51+,52+,53-,54+,56+,57+,58-/m0/s1. The molecular formula is C58H96O20. The van der Waals surface area contributed by atoms with Crippen LogP contribution in [-0.2, 0) is 61.6 Å². The van der Waals surface area contributed by atoms with Crippen molar-refractivity contribution in [1.29, 1.82) is 0 Å². The van der Waals surface area contributed by atoms with E-state index in [1.807, 2.05) is 52.0 Å². The quantitative estimate of drug-likeness (QED) is 0.110. The summed E-state index contributed by atoms with van der Waals surface area (Å²) >= 11 is 0. The average molecular weight is 1110 g/mol.